The number of hydrogen-bond donors (Lipinski definition) is 8. The number of ether oxygens (including phenoxy) is 18. The van der Waals surface area contributed by atoms with Crippen molar-refractivity contribution in [3.63, 3.8) is 0 Å². The number of H-pyrrole nitrogens is 2. The van der Waals surface area contributed by atoms with Gasteiger partial charge in [0.05, 0.1) is 210 Å². The predicted octanol–water partition coefficient (Wildman–Crippen LogP) is 4.79. The number of benzene rings is 3. The molecule has 7 heterocycles. The molecule has 5 amide bonds. The number of nitrogens with zero attached hydrogens (tertiary/aromatic N) is 10. The molecule has 8 aromatic rings. The molecule has 0 fully saturated rings. The first-order chi connectivity index (χ1) is 63.7. The molecular weight excluding hydrogens is 1690 g/mol. The number of carbonyl (C=O) groups is 6. The number of nitrogens with two attached hydrogens (primary N) is 3. The number of aliphatic imine (C=N–C) groups is 1. The van der Waals surface area contributed by atoms with Gasteiger partial charge in [-0.15, -0.1) is 0 Å². The Morgan fingerprint density at radius 2 is 0.738 bits per heavy atom. The van der Waals surface area contributed by atoms with Gasteiger partial charge in [-0.2, -0.15) is 24.9 Å². The summed E-state index contributed by atoms with van der Waals surface area (Å²) in [6, 6.07) is 23.5. The molecule has 0 spiro atoms. The maximum atomic E-state index is 13.9. The summed E-state index contributed by atoms with van der Waals surface area (Å²) in [4.78, 5) is 122. The van der Waals surface area contributed by atoms with Crippen molar-refractivity contribution in [2.45, 2.75) is 109 Å². The monoisotopic (exact) mass is 1810 g/mol. The van der Waals surface area contributed by atoms with E-state index in [2.05, 4.69) is 70.8 Å². The zero-order chi connectivity index (χ0) is 91.1. The molecule has 2 aliphatic heterocycles. The Morgan fingerprint density at radius 1 is 0.369 bits per heavy atom. The van der Waals surface area contributed by atoms with Crippen LogP contribution in [-0.4, -0.2) is 300 Å². The van der Waals surface area contributed by atoms with Crippen LogP contribution in [0.1, 0.15) is 96.9 Å². The van der Waals surface area contributed by atoms with Crippen LogP contribution in [0.4, 0.5) is 23.5 Å². The number of unbranched alkanes of at least 4 members (excludes halogenated alkanes) is 2. The van der Waals surface area contributed by atoms with E-state index in [0.717, 1.165) is 44.0 Å². The van der Waals surface area contributed by atoms with Gasteiger partial charge in [-0.25, -0.2) is 15.0 Å². The number of rotatable bonds is 74. The minimum atomic E-state index is -1.36. The molecule has 2 aliphatic rings. The molecule has 0 saturated heterocycles. The maximum Gasteiger partial charge on any atom is 0.253 e. The zero-order valence-corrected chi connectivity index (χ0v) is 73.3. The molecule has 706 valence electrons. The van der Waals surface area contributed by atoms with Gasteiger partial charge in [0, 0.05) is 83.1 Å². The molecule has 11 N–H and O–H groups in total. The van der Waals surface area contributed by atoms with Crippen LogP contribution in [0.15, 0.2) is 103 Å². The van der Waals surface area contributed by atoms with E-state index in [1.54, 1.807) is 6.21 Å². The van der Waals surface area contributed by atoms with Gasteiger partial charge in [-0.05, 0) is 52.6 Å². The van der Waals surface area contributed by atoms with Gasteiger partial charge in [0.25, 0.3) is 11.8 Å². The summed E-state index contributed by atoms with van der Waals surface area (Å²) in [5.74, 6) is -0.534. The largest absolute Gasteiger partial charge is 0.471 e. The van der Waals surface area contributed by atoms with Gasteiger partial charge in [0.1, 0.15) is 36.8 Å². The molecule has 1 atom stereocenters. The first kappa shape index (κ1) is 101. The van der Waals surface area contributed by atoms with Gasteiger partial charge in [-0.1, -0.05) is 79.2 Å². The molecule has 0 bridgehead atoms. The number of imidazole rings is 2. The van der Waals surface area contributed by atoms with E-state index >= 15 is 0 Å². The van der Waals surface area contributed by atoms with Crippen molar-refractivity contribution in [2.24, 2.45) is 4.99 Å². The predicted molar refractivity (Wildman–Crippen MR) is 471 cm³/mol. The van der Waals surface area contributed by atoms with E-state index in [4.69, 9.17) is 102 Å². The number of carbonyl (C=O) groups excluding carboxylic acids is 6. The molecule has 3 aromatic carbocycles. The number of imide groups is 1. The Balaban J connectivity index is 0.579. The van der Waals surface area contributed by atoms with Gasteiger partial charge in [0.2, 0.25) is 53.2 Å². The minimum absolute atomic E-state index is 0.00622. The van der Waals surface area contributed by atoms with Crippen LogP contribution in [0, 0.1) is 0 Å². The number of anilines is 3. The van der Waals surface area contributed by atoms with Crippen LogP contribution in [0.5, 0.6) is 17.6 Å². The summed E-state index contributed by atoms with van der Waals surface area (Å²) in [7, 11) is 0. The lowest BCUT2D eigenvalue weighted by Gasteiger charge is -2.34. The molecule has 5 aromatic heterocycles. The average molecular weight is 1810 g/mol. The van der Waals surface area contributed by atoms with Crippen LogP contribution >= 0.6 is 0 Å². The highest BCUT2D eigenvalue weighted by Crippen LogP contribution is 2.33. The van der Waals surface area contributed by atoms with Crippen LogP contribution in [0.2, 0.25) is 0 Å². The number of aromatic nitrogens is 10. The topological polar surface area (TPSA) is 533 Å². The van der Waals surface area contributed by atoms with Gasteiger partial charge in [-0.3, -0.25) is 38.7 Å². The molecule has 42 heteroatoms. The molecule has 0 aliphatic carbocycles. The summed E-state index contributed by atoms with van der Waals surface area (Å²) in [6.07, 6.45) is 9.96. The van der Waals surface area contributed by atoms with Crippen LogP contribution in [-0.2, 0) is 146 Å². The van der Waals surface area contributed by atoms with E-state index in [9.17, 15) is 28.8 Å². The molecule has 0 saturated carbocycles. The number of hydrogen-bond acceptors (Lipinski definition) is 36. The van der Waals surface area contributed by atoms with Crippen molar-refractivity contribution < 1.29 is 114 Å². The summed E-state index contributed by atoms with van der Waals surface area (Å²) in [5, 5.41) is 8.70. The van der Waals surface area contributed by atoms with Crippen LogP contribution in [0.25, 0.3) is 22.3 Å². The lowest BCUT2D eigenvalue weighted by molar-refractivity contribution is -0.137. The molecule has 0 radical (unpaired) electrons. The average Bonchev–Trinajstić information content (AvgIpc) is 1.67. The normalized spacial score (nSPS) is 12.8. The Kier molecular flexibility index (Phi) is 45.8. The number of aromatic amines is 2. The van der Waals surface area contributed by atoms with Crippen LogP contribution < -0.4 is 47.4 Å². The summed E-state index contributed by atoms with van der Waals surface area (Å²) in [6.45, 7) is 9.30. The summed E-state index contributed by atoms with van der Waals surface area (Å²) in [5.41, 5.74) is 25.2. The maximum absolute atomic E-state index is 13.9. The van der Waals surface area contributed by atoms with Crippen molar-refractivity contribution in [2.75, 3.05) is 215 Å². The Bertz CT molecular complexity index is 4540. The number of nitrogen functional groups attached to an aromatic ring is 3. The van der Waals surface area contributed by atoms with Gasteiger partial charge >= 0.3 is 0 Å². The highest BCUT2D eigenvalue weighted by molar-refractivity contribution is 6.12. The van der Waals surface area contributed by atoms with Crippen molar-refractivity contribution >= 4 is 87.4 Å². The molecule has 42 nitrogen and oxygen atoms in total. The fraction of sp³-hybridized carbons (Fsp3) is 0.534. The lowest BCUT2D eigenvalue weighted by atomic mass is 10.0. The number of nitrogens with one attached hydrogen (secondary N) is 5. The fourth-order valence-electron chi connectivity index (χ4n) is 12.6. The highest BCUT2D eigenvalue weighted by atomic mass is 16.6. The lowest BCUT2D eigenvalue weighted by Crippen LogP contribution is -2.58. The van der Waals surface area contributed by atoms with E-state index in [0.29, 0.717) is 230 Å². The van der Waals surface area contributed by atoms with Crippen molar-refractivity contribution in [1.82, 2.24) is 70.7 Å². The first-order valence-electron chi connectivity index (χ1n) is 43.5. The van der Waals surface area contributed by atoms with Gasteiger partial charge in [0.15, 0.2) is 22.3 Å². The first-order valence-corrected chi connectivity index (χ1v) is 43.5. The quantitative estimate of drug-likeness (QED) is 0.0187. The van der Waals surface area contributed by atoms with Crippen molar-refractivity contribution in [3.8, 4) is 17.6 Å². The second kappa shape index (κ2) is 59.1. The third kappa shape index (κ3) is 38.8. The molecule has 1 unspecified atom stereocenters. The highest BCUT2D eigenvalue weighted by Gasteiger charge is 2.34. The second-order valence-electron chi connectivity index (χ2n) is 29.7. The van der Waals surface area contributed by atoms with Crippen molar-refractivity contribution in [1.29, 1.82) is 0 Å². The molecule has 10 rings (SSSR count). The SMILES string of the molecule is Nc1nc2c(c(OCc3ccc(COCCOCCOCCOCCNC(=O)CCOCC(COCCC(=O)CCCOCCOCCOCCOCc4ccc(COc5nc(N)nc6[nH]cnc56)cc4)(COCCC(=O)NCCOCCOCCOCCOCc4ccc(COc5nc(N)nc6[nH]cnc56)cc4)NC(=O)CCCCCN4C(=O)C=CC4=O)cc3)n1)N=CC2. The second-order valence-corrected chi connectivity index (χ2v) is 29.7. The van der Waals surface area contributed by atoms with Gasteiger partial charge < -0.3 is 128 Å². The van der Waals surface area contributed by atoms with E-state index in [1.165, 1.54) is 24.8 Å². The number of ketones is 1. The number of Topliss-reactive ketones (excluding diaryl/α,β-unsaturated/α-hetero) is 1. The third-order valence-electron chi connectivity index (χ3n) is 19.4. The standard InChI is InChI=1S/C88H120N18O24/c89-85-99-71-21-25-94-77(71)82(102-85)128-56-67-13-7-64(8-14-67)53-122-51-48-120-45-42-117-39-36-114-33-26-92-72(108)23-31-126-60-88(105-74(110)6-2-1-3-28-106-75(111)19-20-76(106)112,59-125-30-22-70(107)5-4-29-113-35-38-116-41-44-119-47-50-123-54-65-9-15-68(16-10-65)57-129-83-78-80(97-62-95-78)100-86(90)103-83)61-127-32-24-73(109)93-27-34-115-37-40-118-43-46-121-49-52-124-55-66-11-17-69(18-12-66)58-130-84-79-81(98-63-96-79)101-87(91)104-84/h7-20,25,62-63H,1-6,21-24,26-61H2,(H,92,108)(H,93,109)(H,105,110)(H2,89,99,102)(H3,90,95,97,100,103)(H3,91,96,98,101,104). The van der Waals surface area contributed by atoms with E-state index in [1.807, 2.05) is 72.8 Å². The summed E-state index contributed by atoms with van der Waals surface area (Å²) >= 11 is 0. The number of amides is 5. The van der Waals surface area contributed by atoms with E-state index in [-0.39, 0.29) is 171 Å². The smallest absolute Gasteiger partial charge is 0.253 e. The fourth-order valence-corrected chi connectivity index (χ4v) is 12.6. The Labute approximate surface area is 752 Å². The van der Waals surface area contributed by atoms with E-state index < -0.39 is 5.54 Å². The summed E-state index contributed by atoms with van der Waals surface area (Å²) < 4.78 is 104. The Morgan fingerprint density at radius 3 is 1.17 bits per heavy atom. The molecular formula is C88H120N18O24. The Hall–Kier alpha value is -11.3. The third-order valence-corrected chi connectivity index (χ3v) is 19.4. The van der Waals surface area contributed by atoms with Crippen LogP contribution in [0.3, 0.4) is 0 Å². The minimum Gasteiger partial charge on any atom is -0.471 e. The molecule has 130 heavy (non-hydrogen) atoms. The zero-order valence-electron chi connectivity index (χ0n) is 73.3. The van der Waals surface area contributed by atoms with Crippen molar-refractivity contribution in [3.05, 3.63) is 137 Å². The number of fused-ring (bicyclic) bond motifs is 3.